The van der Waals surface area contributed by atoms with Crippen LogP contribution in [-0.4, -0.2) is 26.6 Å². The first-order valence-electron chi connectivity index (χ1n) is 9.01. The van der Waals surface area contributed by atoms with Crippen LogP contribution in [0.2, 0.25) is 0 Å². The molecule has 0 bridgehead atoms. The number of halogens is 2. The van der Waals surface area contributed by atoms with Crippen molar-refractivity contribution in [1.29, 1.82) is 0 Å². The number of amides is 1. The van der Waals surface area contributed by atoms with E-state index in [-0.39, 0.29) is 12.5 Å². The second-order valence-electron chi connectivity index (χ2n) is 6.65. The third-order valence-electron chi connectivity index (χ3n) is 4.36. The lowest BCUT2D eigenvalue weighted by molar-refractivity contribution is -0.115. The van der Waals surface area contributed by atoms with Crippen molar-refractivity contribution in [3.05, 3.63) is 78.3 Å². The highest BCUT2D eigenvalue weighted by Crippen LogP contribution is 2.21. The molecule has 1 amide bonds. The van der Waals surface area contributed by atoms with Crippen molar-refractivity contribution in [3.63, 3.8) is 0 Å². The molecule has 3 rings (SSSR count). The molecule has 3 aromatic rings. The quantitative estimate of drug-likeness (QED) is 0.574. The smallest absolute Gasteiger partial charge is 0.341 e. The number of benzene rings is 2. The molecule has 0 saturated carbocycles. The van der Waals surface area contributed by atoms with Gasteiger partial charge in [0, 0.05) is 11.4 Å². The molecule has 0 aliphatic carbocycles. The Morgan fingerprint density at radius 3 is 2.30 bits per heavy atom. The Morgan fingerprint density at radius 1 is 1.07 bits per heavy atom. The number of hydrogen-bond acceptors (Lipinski definition) is 5. The molecule has 30 heavy (non-hydrogen) atoms. The summed E-state index contributed by atoms with van der Waals surface area (Å²) in [5, 5.41) is 2.65. The van der Waals surface area contributed by atoms with Gasteiger partial charge in [-0.25, -0.2) is 8.42 Å². The number of nitrogens with zero attached hydrogens (tertiary/aromatic N) is 1. The highest BCUT2D eigenvalue weighted by atomic mass is 32.2. The van der Waals surface area contributed by atoms with Crippen molar-refractivity contribution in [1.82, 2.24) is 0 Å². The van der Waals surface area contributed by atoms with Crippen LogP contribution in [0.25, 0.3) is 0 Å². The highest BCUT2D eigenvalue weighted by Gasteiger charge is 2.26. The molecule has 2 aromatic carbocycles. The van der Waals surface area contributed by atoms with E-state index < -0.39 is 20.5 Å². The Morgan fingerprint density at radius 2 is 1.73 bits per heavy atom. The van der Waals surface area contributed by atoms with Crippen molar-refractivity contribution in [2.24, 2.45) is 0 Å². The molecular formula is C21H20F2N2O4S. The van der Waals surface area contributed by atoms with Gasteiger partial charge in [-0.3, -0.25) is 4.79 Å². The molecule has 9 heteroatoms. The average Bonchev–Trinajstić information content (AvgIpc) is 3.21. The second kappa shape index (κ2) is 9.08. The lowest BCUT2D eigenvalue weighted by Gasteiger charge is -2.23. The number of carbonyl (C=O) groups is 1. The minimum atomic E-state index is -4.67. The van der Waals surface area contributed by atoms with Crippen molar-refractivity contribution in [2.75, 3.05) is 16.8 Å². The molecule has 158 valence electrons. The van der Waals surface area contributed by atoms with Crippen LogP contribution in [0.15, 0.2) is 76.2 Å². The number of rotatable bonds is 8. The van der Waals surface area contributed by atoms with Crippen LogP contribution in [0.4, 0.5) is 20.2 Å². The molecule has 0 unspecified atom stereocenters. The Bertz CT molecular complexity index is 1080. The van der Waals surface area contributed by atoms with Gasteiger partial charge in [0.05, 0.1) is 24.2 Å². The Kier molecular flexibility index (Phi) is 6.51. The molecule has 1 N–H and O–H groups in total. The topological polar surface area (TPSA) is 79.6 Å². The maximum atomic E-state index is 12.6. The third kappa shape index (κ3) is 5.24. The van der Waals surface area contributed by atoms with Gasteiger partial charge in [0.15, 0.2) is 0 Å². The second-order valence-corrected chi connectivity index (χ2v) is 8.57. The summed E-state index contributed by atoms with van der Waals surface area (Å²) in [6, 6.07) is 15.9. The van der Waals surface area contributed by atoms with Gasteiger partial charge in [0.1, 0.15) is 5.76 Å². The van der Waals surface area contributed by atoms with Crippen molar-refractivity contribution in [2.45, 2.75) is 24.1 Å². The number of anilines is 2. The fraction of sp³-hybridized carbons (Fsp3) is 0.190. The van der Waals surface area contributed by atoms with Gasteiger partial charge < -0.3 is 14.6 Å². The molecule has 0 aliphatic heterocycles. The van der Waals surface area contributed by atoms with E-state index in [0.29, 0.717) is 18.0 Å². The van der Waals surface area contributed by atoms with Crippen molar-refractivity contribution in [3.8, 4) is 0 Å². The van der Waals surface area contributed by atoms with Crippen LogP contribution in [0, 0.1) is 6.92 Å². The van der Waals surface area contributed by atoms with Gasteiger partial charge in [0.25, 0.3) is 0 Å². The summed E-state index contributed by atoms with van der Waals surface area (Å²) in [7, 11) is -4.67. The largest absolute Gasteiger partial charge is 0.467 e. The Labute approximate surface area is 173 Å². The summed E-state index contributed by atoms with van der Waals surface area (Å²) in [6.07, 6.45) is 1.55. The number of nitrogens with one attached hydrogen (secondary N) is 1. The zero-order valence-electron chi connectivity index (χ0n) is 16.1. The average molecular weight is 434 g/mol. The lowest BCUT2D eigenvalue weighted by Crippen LogP contribution is -2.32. The summed E-state index contributed by atoms with van der Waals surface area (Å²) >= 11 is 0. The van der Waals surface area contributed by atoms with E-state index in [9.17, 15) is 22.0 Å². The van der Waals surface area contributed by atoms with E-state index in [1.54, 1.807) is 18.4 Å². The lowest BCUT2D eigenvalue weighted by atomic mass is 10.2. The number of carbonyl (C=O) groups excluding carboxylic acids is 1. The third-order valence-corrected chi connectivity index (χ3v) is 5.76. The minimum absolute atomic E-state index is 0.000838. The molecule has 0 saturated heterocycles. The number of hydrogen-bond donors (Lipinski definition) is 1. The fourth-order valence-electron chi connectivity index (χ4n) is 2.79. The molecule has 0 radical (unpaired) electrons. The van der Waals surface area contributed by atoms with Crippen LogP contribution >= 0.6 is 0 Å². The molecule has 0 atom stereocenters. The van der Waals surface area contributed by atoms with E-state index in [1.165, 1.54) is 12.1 Å². The predicted octanol–water partition coefficient (Wildman–Crippen LogP) is 4.23. The molecule has 0 spiro atoms. The summed E-state index contributed by atoms with van der Waals surface area (Å²) in [5.74, 6) is -3.17. The van der Waals surface area contributed by atoms with E-state index >= 15 is 0 Å². The van der Waals surface area contributed by atoms with E-state index in [4.69, 9.17) is 4.42 Å². The minimum Gasteiger partial charge on any atom is -0.467 e. The van der Waals surface area contributed by atoms with Crippen LogP contribution in [0.5, 0.6) is 0 Å². The Balaban J connectivity index is 1.72. The van der Waals surface area contributed by atoms with Gasteiger partial charge in [0.2, 0.25) is 15.7 Å². The van der Waals surface area contributed by atoms with E-state index in [1.807, 2.05) is 36.1 Å². The highest BCUT2D eigenvalue weighted by molar-refractivity contribution is 7.91. The van der Waals surface area contributed by atoms with Gasteiger partial charge in [-0.2, -0.15) is 8.78 Å². The normalized spacial score (nSPS) is 11.5. The summed E-state index contributed by atoms with van der Waals surface area (Å²) < 4.78 is 53.6. The van der Waals surface area contributed by atoms with Gasteiger partial charge >= 0.3 is 5.76 Å². The summed E-state index contributed by atoms with van der Waals surface area (Å²) in [5.41, 5.74) is 2.21. The predicted molar refractivity (Wildman–Crippen MR) is 109 cm³/mol. The first-order chi connectivity index (χ1) is 14.3. The van der Waals surface area contributed by atoms with Crippen LogP contribution in [0.3, 0.4) is 0 Å². The maximum Gasteiger partial charge on any atom is 0.341 e. The molecule has 1 aromatic heterocycles. The molecule has 1 heterocycles. The maximum absolute atomic E-state index is 12.6. The Hall–Kier alpha value is -3.20. The van der Waals surface area contributed by atoms with Gasteiger partial charge in [-0.05, 0) is 55.5 Å². The molecule has 6 nitrogen and oxygen atoms in total. The molecule has 0 aliphatic rings. The standard InChI is InChI=1S/C21H20F2N2O4S/c1-15-4-8-17(9-5-15)25(13-18-3-2-12-29-18)14-20(26)24-16-6-10-19(11-7-16)30(27,28)21(22)23/h2-12,21H,13-14H2,1H3,(H,24,26). The van der Waals surface area contributed by atoms with E-state index in [2.05, 4.69) is 5.32 Å². The van der Waals surface area contributed by atoms with Gasteiger partial charge in [-0.1, -0.05) is 17.7 Å². The zero-order chi connectivity index (χ0) is 21.7. The van der Waals surface area contributed by atoms with Crippen LogP contribution < -0.4 is 10.2 Å². The van der Waals surface area contributed by atoms with Crippen molar-refractivity contribution >= 4 is 27.1 Å². The molecular weight excluding hydrogens is 414 g/mol. The summed E-state index contributed by atoms with van der Waals surface area (Å²) in [4.78, 5) is 13.9. The summed E-state index contributed by atoms with van der Waals surface area (Å²) in [6.45, 7) is 2.33. The molecule has 0 fully saturated rings. The monoisotopic (exact) mass is 434 g/mol. The fourth-order valence-corrected chi connectivity index (χ4v) is 3.51. The number of alkyl halides is 2. The zero-order valence-corrected chi connectivity index (χ0v) is 16.9. The first kappa shape index (κ1) is 21.5. The number of aryl methyl sites for hydroxylation is 1. The number of furan rings is 1. The first-order valence-corrected chi connectivity index (χ1v) is 10.6. The van der Waals surface area contributed by atoms with Gasteiger partial charge in [-0.15, -0.1) is 0 Å². The number of sulfone groups is 1. The van der Waals surface area contributed by atoms with Crippen LogP contribution in [-0.2, 0) is 21.2 Å². The van der Waals surface area contributed by atoms with E-state index in [0.717, 1.165) is 23.4 Å². The SMILES string of the molecule is Cc1ccc(N(CC(=O)Nc2ccc(S(=O)(=O)C(F)F)cc2)Cc2ccco2)cc1. The van der Waals surface area contributed by atoms with Crippen LogP contribution in [0.1, 0.15) is 11.3 Å². The van der Waals surface area contributed by atoms with Crippen molar-refractivity contribution < 1.29 is 26.4 Å².